The molecule has 0 aliphatic rings. The molecular weight excluding hydrogens is 316 g/mol. The van der Waals surface area contributed by atoms with Gasteiger partial charge in [0, 0.05) is 23.5 Å². The zero-order valence-electron chi connectivity index (χ0n) is 14.7. The molecular formula is C20H22N2O3. The normalized spacial score (nSPS) is 10.7. The Bertz CT molecular complexity index is 863. The smallest absolute Gasteiger partial charge is 0.253 e. The van der Waals surface area contributed by atoms with Crippen LogP contribution in [0.5, 0.6) is 5.75 Å². The molecule has 0 aliphatic heterocycles. The lowest BCUT2D eigenvalue weighted by Crippen LogP contribution is -2.23. The number of carbonyl (C=O) groups is 1. The predicted octanol–water partition coefficient (Wildman–Crippen LogP) is 3.68. The highest BCUT2D eigenvalue weighted by Crippen LogP contribution is 2.19. The van der Waals surface area contributed by atoms with E-state index >= 15 is 0 Å². The van der Waals surface area contributed by atoms with Gasteiger partial charge in [-0.05, 0) is 38.1 Å². The highest BCUT2D eigenvalue weighted by atomic mass is 16.5. The lowest BCUT2D eigenvalue weighted by atomic mass is 10.2. The van der Waals surface area contributed by atoms with Gasteiger partial charge in [-0.3, -0.25) is 4.79 Å². The van der Waals surface area contributed by atoms with Crippen molar-refractivity contribution in [2.24, 2.45) is 0 Å². The maximum Gasteiger partial charge on any atom is 0.253 e. The summed E-state index contributed by atoms with van der Waals surface area (Å²) in [6, 6.07) is 13.4. The lowest BCUT2D eigenvalue weighted by Gasteiger charge is -2.10. The Balaban J connectivity index is 1.74. The summed E-state index contributed by atoms with van der Waals surface area (Å²) >= 11 is 0. The third kappa shape index (κ3) is 3.60. The van der Waals surface area contributed by atoms with Crippen LogP contribution in [0.15, 0.2) is 53.1 Å². The van der Waals surface area contributed by atoms with E-state index in [2.05, 4.69) is 9.88 Å². The summed E-state index contributed by atoms with van der Waals surface area (Å²) in [5.74, 6) is 1.54. The van der Waals surface area contributed by atoms with E-state index in [1.54, 1.807) is 13.4 Å². The minimum atomic E-state index is -0.0929. The molecule has 3 rings (SSSR count). The fourth-order valence-corrected chi connectivity index (χ4v) is 2.95. The van der Waals surface area contributed by atoms with Crippen molar-refractivity contribution >= 4 is 5.91 Å². The Labute approximate surface area is 147 Å². The summed E-state index contributed by atoms with van der Waals surface area (Å²) in [6.45, 7) is 4.98. The molecule has 0 bridgehead atoms. The first-order valence-corrected chi connectivity index (χ1v) is 8.19. The van der Waals surface area contributed by atoms with Crippen LogP contribution < -0.4 is 10.1 Å². The topological polar surface area (TPSA) is 56.4 Å². The Morgan fingerprint density at radius 1 is 1.20 bits per heavy atom. The van der Waals surface area contributed by atoms with Crippen molar-refractivity contribution in [1.29, 1.82) is 0 Å². The van der Waals surface area contributed by atoms with Gasteiger partial charge in [-0.2, -0.15) is 0 Å². The molecule has 0 atom stereocenters. The second-order valence-electron chi connectivity index (χ2n) is 5.94. The summed E-state index contributed by atoms with van der Waals surface area (Å²) in [5, 5.41) is 2.97. The third-order valence-corrected chi connectivity index (χ3v) is 4.34. The molecule has 0 saturated heterocycles. The average molecular weight is 338 g/mol. The Kier molecular flexibility index (Phi) is 4.93. The van der Waals surface area contributed by atoms with Gasteiger partial charge in [-0.1, -0.05) is 18.2 Å². The van der Waals surface area contributed by atoms with Crippen molar-refractivity contribution in [2.75, 3.05) is 7.11 Å². The molecule has 0 spiro atoms. The van der Waals surface area contributed by atoms with Gasteiger partial charge in [0.15, 0.2) is 0 Å². The van der Waals surface area contributed by atoms with E-state index in [1.807, 2.05) is 56.3 Å². The van der Waals surface area contributed by atoms with Crippen LogP contribution in [-0.4, -0.2) is 17.6 Å². The van der Waals surface area contributed by atoms with Crippen molar-refractivity contribution in [3.63, 3.8) is 0 Å². The molecule has 5 nitrogen and oxygen atoms in total. The molecule has 1 N–H and O–H groups in total. The molecule has 0 unspecified atom stereocenters. The largest absolute Gasteiger partial charge is 0.496 e. The number of nitrogens with zero attached hydrogens (tertiary/aromatic N) is 1. The number of furan rings is 1. The summed E-state index contributed by atoms with van der Waals surface area (Å²) < 4.78 is 12.8. The molecule has 3 aromatic rings. The molecule has 0 saturated carbocycles. The van der Waals surface area contributed by atoms with Crippen LogP contribution in [0.25, 0.3) is 0 Å². The number of benzene rings is 1. The third-order valence-electron chi connectivity index (χ3n) is 4.34. The lowest BCUT2D eigenvalue weighted by molar-refractivity contribution is 0.0950. The highest BCUT2D eigenvalue weighted by molar-refractivity contribution is 5.95. The molecule has 1 aromatic carbocycles. The molecule has 5 heteroatoms. The predicted molar refractivity (Wildman–Crippen MR) is 95.9 cm³/mol. The zero-order valence-corrected chi connectivity index (χ0v) is 14.7. The first kappa shape index (κ1) is 16.9. The summed E-state index contributed by atoms with van der Waals surface area (Å²) in [5.41, 5.74) is 3.57. The number of hydrogen-bond acceptors (Lipinski definition) is 3. The number of methoxy groups -OCH3 is 1. The van der Waals surface area contributed by atoms with E-state index in [1.165, 1.54) is 0 Å². The highest BCUT2D eigenvalue weighted by Gasteiger charge is 2.16. The summed E-state index contributed by atoms with van der Waals surface area (Å²) in [7, 11) is 1.63. The van der Waals surface area contributed by atoms with Gasteiger partial charge in [-0.25, -0.2) is 0 Å². The summed E-state index contributed by atoms with van der Waals surface area (Å²) in [6.07, 6.45) is 1.66. The quantitative estimate of drug-likeness (QED) is 0.746. The SMILES string of the molecule is COc1ccccc1CNC(=O)c1cc(C)n(Cc2ccco2)c1C. The number of ether oxygens (including phenoxy) is 1. The first-order chi connectivity index (χ1) is 12.1. The van der Waals surface area contributed by atoms with Crippen LogP contribution in [0.4, 0.5) is 0 Å². The number of carbonyl (C=O) groups excluding carboxylic acids is 1. The summed E-state index contributed by atoms with van der Waals surface area (Å²) in [4.78, 5) is 12.6. The van der Waals surface area contributed by atoms with E-state index in [0.717, 1.165) is 28.5 Å². The number of rotatable bonds is 6. The molecule has 1 amide bonds. The fraction of sp³-hybridized carbons (Fsp3) is 0.250. The minimum Gasteiger partial charge on any atom is -0.496 e. The van der Waals surface area contributed by atoms with Gasteiger partial charge in [-0.15, -0.1) is 0 Å². The maximum atomic E-state index is 12.6. The van der Waals surface area contributed by atoms with Crippen LogP contribution in [0, 0.1) is 13.8 Å². The van der Waals surface area contributed by atoms with Crippen LogP contribution in [0.3, 0.4) is 0 Å². The fourth-order valence-electron chi connectivity index (χ4n) is 2.95. The van der Waals surface area contributed by atoms with Gasteiger partial charge in [0.25, 0.3) is 5.91 Å². The van der Waals surface area contributed by atoms with Crippen LogP contribution in [-0.2, 0) is 13.1 Å². The molecule has 2 aromatic heterocycles. The van der Waals surface area contributed by atoms with Gasteiger partial charge >= 0.3 is 0 Å². The number of aryl methyl sites for hydroxylation is 1. The van der Waals surface area contributed by atoms with Crippen molar-refractivity contribution in [2.45, 2.75) is 26.9 Å². The number of aromatic nitrogens is 1. The second kappa shape index (κ2) is 7.30. The number of amides is 1. The molecule has 2 heterocycles. The Morgan fingerprint density at radius 3 is 2.72 bits per heavy atom. The van der Waals surface area contributed by atoms with E-state index in [-0.39, 0.29) is 5.91 Å². The Hall–Kier alpha value is -2.95. The first-order valence-electron chi connectivity index (χ1n) is 8.19. The van der Waals surface area contributed by atoms with E-state index in [4.69, 9.17) is 9.15 Å². The van der Waals surface area contributed by atoms with E-state index in [9.17, 15) is 4.79 Å². The molecule has 0 fully saturated rings. The monoisotopic (exact) mass is 338 g/mol. The molecule has 0 radical (unpaired) electrons. The molecule has 130 valence electrons. The van der Waals surface area contributed by atoms with Crippen LogP contribution in [0.1, 0.15) is 33.1 Å². The van der Waals surface area contributed by atoms with Gasteiger partial charge < -0.3 is 19.0 Å². The Morgan fingerprint density at radius 2 is 2.00 bits per heavy atom. The van der Waals surface area contributed by atoms with E-state index in [0.29, 0.717) is 18.7 Å². The second-order valence-corrected chi connectivity index (χ2v) is 5.94. The van der Waals surface area contributed by atoms with Gasteiger partial charge in [0.2, 0.25) is 0 Å². The van der Waals surface area contributed by atoms with Crippen molar-refractivity contribution in [3.8, 4) is 5.75 Å². The zero-order chi connectivity index (χ0) is 17.8. The van der Waals surface area contributed by atoms with Gasteiger partial charge in [0.1, 0.15) is 11.5 Å². The molecule has 25 heavy (non-hydrogen) atoms. The molecule has 0 aliphatic carbocycles. The van der Waals surface area contributed by atoms with Gasteiger partial charge in [0.05, 0.1) is 25.5 Å². The number of nitrogens with one attached hydrogen (secondary N) is 1. The van der Waals surface area contributed by atoms with Crippen molar-refractivity contribution in [1.82, 2.24) is 9.88 Å². The standard InChI is InChI=1S/C20H22N2O3/c1-14-11-18(15(2)22(14)13-17-8-6-10-25-17)20(23)21-12-16-7-4-5-9-19(16)24-3/h4-11H,12-13H2,1-3H3,(H,21,23). The van der Waals surface area contributed by atoms with E-state index < -0.39 is 0 Å². The maximum absolute atomic E-state index is 12.6. The number of para-hydroxylation sites is 1. The van der Waals surface area contributed by atoms with Crippen LogP contribution >= 0.6 is 0 Å². The van der Waals surface area contributed by atoms with Crippen molar-refractivity contribution < 1.29 is 13.9 Å². The minimum absolute atomic E-state index is 0.0929. The van der Waals surface area contributed by atoms with Crippen LogP contribution in [0.2, 0.25) is 0 Å². The van der Waals surface area contributed by atoms with Crippen molar-refractivity contribution in [3.05, 3.63) is 77.0 Å². The average Bonchev–Trinajstić information content (AvgIpc) is 3.23. The number of hydrogen-bond donors (Lipinski definition) is 1.